The minimum absolute atomic E-state index is 0.597. The normalized spacial score (nSPS) is 13.8. The summed E-state index contributed by atoms with van der Waals surface area (Å²) in [4.78, 5) is 4.72. The molecule has 2 aromatic carbocycles. The molecule has 0 aliphatic carbocycles. The molecule has 0 fully saturated rings. The fourth-order valence-corrected chi connectivity index (χ4v) is 2.74. The van der Waals surface area contributed by atoms with Crippen LogP contribution in [-0.4, -0.2) is 39.4 Å². The number of fused-ring (bicyclic) bond motifs is 1. The third kappa shape index (κ3) is 5.62. The van der Waals surface area contributed by atoms with E-state index in [0.717, 1.165) is 23.6 Å². The van der Waals surface area contributed by atoms with Gasteiger partial charge in [-0.25, -0.2) is 4.99 Å². The van der Waals surface area contributed by atoms with E-state index >= 15 is 0 Å². The Morgan fingerprint density at radius 3 is 2.74 bits per heavy atom. The lowest BCUT2D eigenvalue weighted by Gasteiger charge is -2.14. The zero-order valence-electron chi connectivity index (χ0n) is 16.0. The largest absolute Gasteiger partial charge is 0.490 e. The summed E-state index contributed by atoms with van der Waals surface area (Å²) in [7, 11) is 1.68. The van der Waals surface area contributed by atoms with Crippen molar-refractivity contribution in [1.82, 2.24) is 5.32 Å². The molecule has 0 radical (unpaired) electrons. The Labute approximate surface area is 160 Å². The van der Waals surface area contributed by atoms with Crippen molar-refractivity contribution >= 4 is 11.6 Å². The molecule has 0 amide bonds. The number of methoxy groups -OCH3 is 1. The van der Waals surface area contributed by atoms with Crippen molar-refractivity contribution in [1.29, 1.82) is 0 Å². The van der Waals surface area contributed by atoms with E-state index < -0.39 is 0 Å². The predicted octanol–water partition coefficient (Wildman–Crippen LogP) is 3.36. The third-order valence-corrected chi connectivity index (χ3v) is 4.28. The molecule has 144 valence electrons. The molecule has 3 rings (SSSR count). The Bertz CT molecular complexity index is 777. The van der Waals surface area contributed by atoms with Gasteiger partial charge in [0.15, 0.2) is 17.5 Å². The number of hydrogen-bond acceptors (Lipinski definition) is 4. The van der Waals surface area contributed by atoms with Crippen molar-refractivity contribution < 1.29 is 14.2 Å². The highest BCUT2D eigenvalue weighted by atomic mass is 16.5. The second-order valence-corrected chi connectivity index (χ2v) is 6.35. The molecule has 6 heteroatoms. The van der Waals surface area contributed by atoms with Gasteiger partial charge in [0.05, 0.1) is 26.4 Å². The van der Waals surface area contributed by atoms with Gasteiger partial charge in [-0.15, -0.1) is 0 Å². The number of aliphatic imine (C=N–C) groups is 1. The fourth-order valence-electron chi connectivity index (χ4n) is 2.74. The molecule has 6 nitrogen and oxygen atoms in total. The standard InChI is InChI=1S/C21H27N3O3/c1-16-6-3-4-7-17(16)15-23-21(22-10-13-25-2)24-18-8-9-19-20(14-18)27-12-5-11-26-19/h3-4,6-9,14H,5,10-13,15H2,1-2H3,(H2,22,23,24). The van der Waals surface area contributed by atoms with Gasteiger partial charge in [0, 0.05) is 31.8 Å². The molecule has 0 unspecified atom stereocenters. The Morgan fingerprint density at radius 2 is 1.93 bits per heavy atom. The maximum Gasteiger partial charge on any atom is 0.196 e. The molecule has 0 aromatic heterocycles. The van der Waals surface area contributed by atoms with E-state index in [4.69, 9.17) is 19.2 Å². The van der Waals surface area contributed by atoms with Gasteiger partial charge in [0.2, 0.25) is 0 Å². The first-order valence-electron chi connectivity index (χ1n) is 9.24. The average molecular weight is 369 g/mol. The van der Waals surface area contributed by atoms with Gasteiger partial charge in [-0.2, -0.15) is 0 Å². The summed E-state index contributed by atoms with van der Waals surface area (Å²) in [5.74, 6) is 2.24. The van der Waals surface area contributed by atoms with Crippen LogP contribution in [0, 0.1) is 6.92 Å². The van der Waals surface area contributed by atoms with Crippen molar-refractivity contribution in [2.24, 2.45) is 4.99 Å². The van der Waals surface area contributed by atoms with E-state index in [1.807, 2.05) is 30.3 Å². The van der Waals surface area contributed by atoms with Crippen LogP contribution in [0.2, 0.25) is 0 Å². The third-order valence-electron chi connectivity index (χ3n) is 4.28. The van der Waals surface area contributed by atoms with Crippen molar-refractivity contribution in [2.45, 2.75) is 19.9 Å². The molecule has 0 spiro atoms. The highest BCUT2D eigenvalue weighted by Crippen LogP contribution is 2.32. The van der Waals surface area contributed by atoms with Crippen molar-refractivity contribution in [3.05, 3.63) is 53.6 Å². The summed E-state index contributed by atoms with van der Waals surface area (Å²) in [6, 6.07) is 14.1. The first-order chi connectivity index (χ1) is 13.3. The molecule has 27 heavy (non-hydrogen) atoms. The van der Waals surface area contributed by atoms with Crippen LogP contribution in [0.5, 0.6) is 11.5 Å². The fraction of sp³-hybridized carbons (Fsp3) is 0.381. The monoisotopic (exact) mass is 369 g/mol. The van der Waals surface area contributed by atoms with E-state index in [1.54, 1.807) is 7.11 Å². The lowest BCUT2D eigenvalue weighted by molar-refractivity contribution is 0.204. The Morgan fingerprint density at radius 1 is 1.11 bits per heavy atom. The molecule has 0 atom stereocenters. The summed E-state index contributed by atoms with van der Waals surface area (Å²) in [5.41, 5.74) is 3.32. The summed E-state index contributed by atoms with van der Waals surface area (Å²) in [6.45, 7) is 5.31. The van der Waals surface area contributed by atoms with Crippen LogP contribution < -0.4 is 20.1 Å². The SMILES string of the molecule is COCCNC(=NCc1ccccc1C)Nc1ccc2c(c1)OCCCO2. The van der Waals surface area contributed by atoms with Gasteiger partial charge in [-0.05, 0) is 30.2 Å². The first-order valence-corrected chi connectivity index (χ1v) is 9.24. The minimum Gasteiger partial charge on any atom is -0.490 e. The number of anilines is 1. The summed E-state index contributed by atoms with van der Waals surface area (Å²) in [6.07, 6.45) is 0.888. The molecule has 1 heterocycles. The lowest BCUT2D eigenvalue weighted by Crippen LogP contribution is -2.33. The molecule has 1 aliphatic rings. The van der Waals surface area contributed by atoms with Gasteiger partial charge in [0.25, 0.3) is 0 Å². The molecular weight excluding hydrogens is 342 g/mol. The van der Waals surface area contributed by atoms with Gasteiger partial charge in [0.1, 0.15) is 0 Å². The van der Waals surface area contributed by atoms with E-state index in [1.165, 1.54) is 11.1 Å². The van der Waals surface area contributed by atoms with Crippen LogP contribution in [0.3, 0.4) is 0 Å². The predicted molar refractivity (Wildman–Crippen MR) is 108 cm³/mol. The van der Waals surface area contributed by atoms with Gasteiger partial charge < -0.3 is 24.8 Å². The second kappa shape index (κ2) is 9.83. The topological polar surface area (TPSA) is 64.1 Å². The van der Waals surface area contributed by atoms with Gasteiger partial charge >= 0.3 is 0 Å². The van der Waals surface area contributed by atoms with Crippen LogP contribution in [0.1, 0.15) is 17.5 Å². The Hall–Kier alpha value is -2.73. The zero-order valence-corrected chi connectivity index (χ0v) is 16.0. The lowest BCUT2D eigenvalue weighted by atomic mass is 10.1. The Kier molecular flexibility index (Phi) is 6.93. The van der Waals surface area contributed by atoms with Gasteiger partial charge in [-0.1, -0.05) is 24.3 Å². The van der Waals surface area contributed by atoms with Crippen LogP contribution in [0.4, 0.5) is 5.69 Å². The molecule has 0 saturated heterocycles. The van der Waals surface area contributed by atoms with E-state index in [0.29, 0.717) is 38.9 Å². The van der Waals surface area contributed by atoms with Crippen molar-refractivity contribution in [3.63, 3.8) is 0 Å². The summed E-state index contributed by atoms with van der Waals surface area (Å²) < 4.78 is 16.6. The number of hydrogen-bond donors (Lipinski definition) is 2. The summed E-state index contributed by atoms with van der Waals surface area (Å²) in [5, 5.41) is 6.64. The molecule has 1 aliphatic heterocycles. The highest BCUT2D eigenvalue weighted by molar-refractivity contribution is 5.94. The smallest absolute Gasteiger partial charge is 0.196 e. The molecule has 2 N–H and O–H groups in total. The van der Waals surface area contributed by atoms with Crippen LogP contribution in [-0.2, 0) is 11.3 Å². The van der Waals surface area contributed by atoms with Crippen molar-refractivity contribution in [3.8, 4) is 11.5 Å². The number of nitrogens with one attached hydrogen (secondary N) is 2. The first kappa shape index (κ1) is 19.0. The quantitative estimate of drug-likeness (QED) is 0.464. The molecule has 2 aromatic rings. The average Bonchev–Trinajstić information content (AvgIpc) is 2.92. The van der Waals surface area contributed by atoms with Crippen LogP contribution in [0.15, 0.2) is 47.5 Å². The highest BCUT2D eigenvalue weighted by Gasteiger charge is 2.11. The maximum absolute atomic E-state index is 5.77. The minimum atomic E-state index is 0.597. The zero-order chi connectivity index (χ0) is 18.9. The van der Waals surface area contributed by atoms with E-state index in [-0.39, 0.29) is 0 Å². The number of nitrogens with zero attached hydrogens (tertiary/aromatic N) is 1. The van der Waals surface area contributed by atoms with E-state index in [2.05, 4.69) is 29.7 Å². The van der Waals surface area contributed by atoms with Crippen molar-refractivity contribution in [2.75, 3.05) is 38.8 Å². The molecular formula is C21H27N3O3. The molecule has 0 saturated carbocycles. The van der Waals surface area contributed by atoms with Gasteiger partial charge in [-0.3, -0.25) is 0 Å². The Balaban J connectivity index is 1.73. The maximum atomic E-state index is 5.77. The number of ether oxygens (including phenoxy) is 3. The molecule has 0 bridgehead atoms. The van der Waals surface area contributed by atoms with Crippen LogP contribution in [0.25, 0.3) is 0 Å². The second-order valence-electron chi connectivity index (χ2n) is 6.35. The number of aryl methyl sites for hydroxylation is 1. The van der Waals surface area contributed by atoms with Crippen LogP contribution >= 0.6 is 0 Å². The van der Waals surface area contributed by atoms with E-state index in [9.17, 15) is 0 Å². The summed E-state index contributed by atoms with van der Waals surface area (Å²) >= 11 is 0. The number of guanidine groups is 1. The number of rotatable bonds is 6. The number of benzene rings is 2.